The molecule has 0 aliphatic carbocycles. The number of benzene rings is 2. The summed E-state index contributed by atoms with van der Waals surface area (Å²) < 4.78 is 40.1. The average molecular weight is 433 g/mol. The van der Waals surface area contributed by atoms with Crippen molar-refractivity contribution in [3.63, 3.8) is 0 Å². The van der Waals surface area contributed by atoms with E-state index in [1.54, 1.807) is 19.1 Å². The first kappa shape index (κ1) is 22.4. The summed E-state index contributed by atoms with van der Waals surface area (Å²) in [4.78, 5) is 26.2. The molecule has 3 N–H and O–H groups in total. The molecule has 3 rings (SSSR count). The zero-order valence-corrected chi connectivity index (χ0v) is 17.2. The maximum absolute atomic E-state index is 13.4. The van der Waals surface area contributed by atoms with Crippen LogP contribution in [0.3, 0.4) is 0 Å². The summed E-state index contributed by atoms with van der Waals surface area (Å²) in [6.45, 7) is 4.87. The standard InChI is InChI=1S/C22H22F3N3O3/c1-12-8-13(2)10-16(9-12)28-18-11-15(22(23,24)25)4-5-17(18)20(21(28)31)14(3)26-27-19(30)6-7-29/h4-5,8-11,26,29H,6-7H2,1-3H3,(H,27,30)/b20-14-. The summed E-state index contributed by atoms with van der Waals surface area (Å²) in [5, 5.41) is 8.83. The number of aryl methyl sites for hydroxylation is 2. The van der Waals surface area contributed by atoms with Gasteiger partial charge in [0.05, 0.1) is 29.9 Å². The first-order valence-corrected chi connectivity index (χ1v) is 9.54. The van der Waals surface area contributed by atoms with Crippen LogP contribution in [-0.2, 0) is 15.8 Å². The van der Waals surface area contributed by atoms with Crippen molar-refractivity contribution < 1.29 is 27.9 Å². The molecule has 164 valence electrons. The van der Waals surface area contributed by atoms with Crippen LogP contribution >= 0.6 is 0 Å². The third-order valence-corrected chi connectivity index (χ3v) is 4.82. The van der Waals surface area contributed by atoms with Crippen molar-refractivity contribution in [1.82, 2.24) is 10.9 Å². The third kappa shape index (κ3) is 4.56. The molecule has 0 radical (unpaired) electrons. The minimum atomic E-state index is -4.57. The number of alkyl halides is 3. The van der Waals surface area contributed by atoms with Crippen molar-refractivity contribution in [3.8, 4) is 0 Å². The number of hydrogen-bond acceptors (Lipinski definition) is 4. The van der Waals surface area contributed by atoms with Gasteiger partial charge in [-0.3, -0.25) is 19.9 Å². The van der Waals surface area contributed by atoms with Crippen molar-refractivity contribution in [2.24, 2.45) is 0 Å². The Balaban J connectivity index is 2.13. The molecule has 2 amide bonds. The summed E-state index contributed by atoms with van der Waals surface area (Å²) in [6.07, 6.45) is -4.70. The minimum absolute atomic E-state index is 0.114. The summed E-state index contributed by atoms with van der Waals surface area (Å²) in [6, 6.07) is 8.49. The Kier molecular flexibility index (Phi) is 6.08. The number of hydrogen-bond donors (Lipinski definition) is 3. The van der Waals surface area contributed by atoms with Gasteiger partial charge in [-0.15, -0.1) is 0 Å². The number of anilines is 2. The first-order valence-electron chi connectivity index (χ1n) is 9.54. The van der Waals surface area contributed by atoms with E-state index in [0.717, 1.165) is 23.3 Å². The van der Waals surface area contributed by atoms with Crippen LogP contribution in [0.15, 0.2) is 42.1 Å². The normalized spacial score (nSPS) is 15.1. The summed E-state index contributed by atoms with van der Waals surface area (Å²) >= 11 is 0. The van der Waals surface area contributed by atoms with E-state index in [2.05, 4.69) is 10.9 Å². The van der Waals surface area contributed by atoms with Crippen LogP contribution in [0.25, 0.3) is 5.57 Å². The predicted octanol–water partition coefficient (Wildman–Crippen LogP) is 3.73. The second kappa shape index (κ2) is 8.43. The number of allylic oxidation sites excluding steroid dienone is 1. The second-order valence-electron chi connectivity index (χ2n) is 7.36. The lowest BCUT2D eigenvalue weighted by atomic mass is 10.0. The van der Waals surface area contributed by atoms with Crippen LogP contribution < -0.4 is 15.8 Å². The number of carbonyl (C=O) groups is 2. The first-order chi connectivity index (χ1) is 14.5. The Morgan fingerprint density at radius 2 is 1.71 bits per heavy atom. The van der Waals surface area contributed by atoms with Gasteiger partial charge >= 0.3 is 6.18 Å². The molecule has 9 heteroatoms. The maximum atomic E-state index is 13.4. The van der Waals surface area contributed by atoms with Gasteiger partial charge in [-0.05, 0) is 56.2 Å². The van der Waals surface area contributed by atoms with E-state index >= 15 is 0 Å². The number of carbonyl (C=O) groups excluding carboxylic acids is 2. The van der Waals surface area contributed by atoms with Crippen LogP contribution in [0.1, 0.15) is 35.6 Å². The van der Waals surface area contributed by atoms with Crippen LogP contribution in [0, 0.1) is 13.8 Å². The molecule has 0 atom stereocenters. The SMILES string of the molecule is C/C(NNC(=O)CCO)=C1/C(=O)N(c2cc(C)cc(C)c2)c2cc(C(F)(F)F)ccc21. The van der Waals surface area contributed by atoms with Gasteiger partial charge in [-0.1, -0.05) is 12.1 Å². The molecule has 6 nitrogen and oxygen atoms in total. The maximum Gasteiger partial charge on any atom is 0.416 e. The molecular formula is C22H22F3N3O3. The van der Waals surface area contributed by atoms with Crippen LogP contribution in [0.5, 0.6) is 0 Å². The van der Waals surface area contributed by atoms with Crippen molar-refractivity contribution in [2.45, 2.75) is 33.4 Å². The van der Waals surface area contributed by atoms with Crippen LogP contribution in [0.4, 0.5) is 24.5 Å². The van der Waals surface area contributed by atoms with E-state index in [-0.39, 0.29) is 30.0 Å². The monoisotopic (exact) mass is 433 g/mol. The molecule has 1 heterocycles. The molecule has 2 aromatic rings. The number of aliphatic hydroxyl groups excluding tert-OH is 1. The number of rotatable bonds is 5. The molecule has 0 saturated carbocycles. The lowest BCUT2D eigenvalue weighted by molar-refractivity contribution is -0.137. The van der Waals surface area contributed by atoms with Crippen LogP contribution in [-0.4, -0.2) is 23.5 Å². The molecule has 1 aliphatic rings. The molecule has 0 spiro atoms. The topological polar surface area (TPSA) is 81.7 Å². The van der Waals surface area contributed by atoms with E-state index in [0.29, 0.717) is 11.3 Å². The van der Waals surface area contributed by atoms with Gasteiger partial charge in [-0.25, -0.2) is 0 Å². The number of hydrazine groups is 1. The Bertz CT molecular complexity index is 1060. The third-order valence-electron chi connectivity index (χ3n) is 4.82. The fourth-order valence-electron chi connectivity index (χ4n) is 3.53. The highest BCUT2D eigenvalue weighted by atomic mass is 19.4. The van der Waals surface area contributed by atoms with E-state index in [1.165, 1.54) is 11.0 Å². The lowest BCUT2D eigenvalue weighted by Crippen LogP contribution is -2.37. The Hall–Kier alpha value is -3.33. The summed E-state index contributed by atoms with van der Waals surface area (Å²) in [5.41, 5.74) is 7.14. The smallest absolute Gasteiger partial charge is 0.396 e. The molecule has 2 aromatic carbocycles. The molecule has 0 unspecified atom stereocenters. The number of halogens is 3. The van der Waals surface area contributed by atoms with Crippen LogP contribution in [0.2, 0.25) is 0 Å². The zero-order chi connectivity index (χ0) is 22.9. The molecular weight excluding hydrogens is 411 g/mol. The number of nitrogens with zero attached hydrogens (tertiary/aromatic N) is 1. The lowest BCUT2D eigenvalue weighted by Gasteiger charge is -2.20. The van der Waals surface area contributed by atoms with Gasteiger partial charge in [0.1, 0.15) is 0 Å². The van der Waals surface area contributed by atoms with Crippen molar-refractivity contribution in [2.75, 3.05) is 11.5 Å². The van der Waals surface area contributed by atoms with Crippen molar-refractivity contribution >= 4 is 28.8 Å². The second-order valence-corrected chi connectivity index (χ2v) is 7.36. The zero-order valence-electron chi connectivity index (χ0n) is 17.2. The number of amides is 2. The highest BCUT2D eigenvalue weighted by molar-refractivity contribution is 6.35. The van der Waals surface area contributed by atoms with Crippen molar-refractivity contribution in [3.05, 3.63) is 64.3 Å². The Morgan fingerprint density at radius 1 is 1.06 bits per heavy atom. The van der Waals surface area contributed by atoms with Gasteiger partial charge in [0.15, 0.2) is 0 Å². The minimum Gasteiger partial charge on any atom is -0.396 e. The molecule has 0 saturated heterocycles. The number of fused-ring (bicyclic) bond motifs is 1. The van der Waals surface area contributed by atoms with E-state index < -0.39 is 23.6 Å². The van der Waals surface area contributed by atoms with Crippen molar-refractivity contribution in [1.29, 1.82) is 0 Å². The quantitative estimate of drug-likeness (QED) is 0.496. The highest BCUT2D eigenvalue weighted by Gasteiger charge is 2.39. The van der Waals surface area contributed by atoms with Gasteiger partial charge in [-0.2, -0.15) is 13.2 Å². The van der Waals surface area contributed by atoms with Gasteiger partial charge < -0.3 is 10.5 Å². The van der Waals surface area contributed by atoms with Gasteiger partial charge in [0.25, 0.3) is 5.91 Å². The molecule has 0 fully saturated rings. The fraction of sp³-hybridized carbons (Fsp3) is 0.273. The van der Waals surface area contributed by atoms with E-state index in [4.69, 9.17) is 5.11 Å². The van der Waals surface area contributed by atoms with E-state index in [1.807, 2.05) is 19.9 Å². The molecule has 0 aromatic heterocycles. The highest BCUT2D eigenvalue weighted by Crippen LogP contribution is 2.45. The largest absolute Gasteiger partial charge is 0.416 e. The molecule has 0 bridgehead atoms. The Morgan fingerprint density at radius 3 is 2.29 bits per heavy atom. The van der Waals surface area contributed by atoms with E-state index in [9.17, 15) is 22.8 Å². The summed E-state index contributed by atoms with van der Waals surface area (Å²) in [7, 11) is 0. The van der Waals surface area contributed by atoms with Gasteiger partial charge in [0.2, 0.25) is 5.91 Å². The average Bonchev–Trinajstić information content (AvgIpc) is 2.96. The predicted molar refractivity (Wildman–Crippen MR) is 110 cm³/mol. The fourth-order valence-corrected chi connectivity index (χ4v) is 3.53. The molecule has 1 aliphatic heterocycles. The number of nitrogens with one attached hydrogen (secondary N) is 2. The van der Waals surface area contributed by atoms with Gasteiger partial charge in [0, 0.05) is 16.9 Å². The molecule has 31 heavy (non-hydrogen) atoms. The Labute approximate surface area is 177 Å². The summed E-state index contributed by atoms with van der Waals surface area (Å²) in [5.74, 6) is -1.01. The number of aliphatic hydroxyl groups is 1.